The van der Waals surface area contributed by atoms with Crippen molar-refractivity contribution in [1.82, 2.24) is 10.6 Å². The predicted molar refractivity (Wildman–Crippen MR) is 138 cm³/mol. The second kappa shape index (κ2) is 21.3. The molecule has 1 rings (SSSR count). The molecule has 1 unspecified atom stereocenters. The number of hydrogen-bond acceptors (Lipinski definition) is 5. The van der Waals surface area contributed by atoms with E-state index in [1.807, 2.05) is 12.1 Å². The summed E-state index contributed by atoms with van der Waals surface area (Å²) in [6, 6.07) is 7.28. The molecule has 12 heteroatoms. The van der Waals surface area contributed by atoms with Gasteiger partial charge in [0.05, 0.1) is 18.8 Å². The molecular formula is C24H40Cl2N6O3S. The van der Waals surface area contributed by atoms with Crippen LogP contribution in [0.15, 0.2) is 29.4 Å². The molecule has 0 saturated heterocycles. The largest absolute Gasteiger partial charge is 1.00 e. The number of rotatable bonds is 18. The molecule has 0 aromatic heterocycles. The number of Topliss-reactive ketones (excluding diaryl/α,β-unsaturated/α-hetero) is 2. The van der Waals surface area contributed by atoms with Crippen molar-refractivity contribution in [2.45, 2.75) is 50.8 Å². The van der Waals surface area contributed by atoms with Crippen LogP contribution in [0.1, 0.15) is 54.9 Å². The molecule has 0 saturated carbocycles. The van der Waals surface area contributed by atoms with Gasteiger partial charge in [-0.2, -0.15) is 0 Å². The van der Waals surface area contributed by atoms with Crippen molar-refractivity contribution in [3.05, 3.63) is 45.8 Å². The van der Waals surface area contributed by atoms with E-state index < -0.39 is 0 Å². The number of carbonyl (C=O) groups is 3. The number of unbranched alkanes of at least 4 members (excludes halogenated alkanes) is 1. The van der Waals surface area contributed by atoms with Crippen molar-refractivity contribution in [2.24, 2.45) is 11.0 Å². The van der Waals surface area contributed by atoms with Crippen molar-refractivity contribution in [2.75, 3.05) is 38.7 Å². The number of benzene rings is 1. The molecule has 0 bridgehead atoms. The van der Waals surface area contributed by atoms with E-state index >= 15 is 0 Å². The Labute approximate surface area is 229 Å². The fourth-order valence-corrected chi connectivity index (χ4v) is 5.24. The predicted octanol–water partition coefficient (Wildman–Crippen LogP) is -3.96. The summed E-state index contributed by atoms with van der Waals surface area (Å²) in [6.07, 6.45) is 5.93. The number of carbonyl (C=O) groups excluding carboxylic acids is 3. The Morgan fingerprint density at radius 3 is 2.36 bits per heavy atom. The van der Waals surface area contributed by atoms with Crippen LogP contribution in [0.5, 0.6) is 0 Å². The third kappa shape index (κ3) is 14.7. The summed E-state index contributed by atoms with van der Waals surface area (Å²) in [5, 5.41) is 9.21. The van der Waals surface area contributed by atoms with Crippen LogP contribution in [-0.4, -0.2) is 62.2 Å². The van der Waals surface area contributed by atoms with E-state index in [1.54, 1.807) is 26.1 Å². The quantitative estimate of drug-likeness (QED) is 0.0549. The highest BCUT2D eigenvalue weighted by atomic mass is 35.5. The van der Waals surface area contributed by atoms with Gasteiger partial charge in [0.2, 0.25) is 0 Å². The first-order valence-electron chi connectivity index (χ1n) is 11.8. The molecule has 0 aliphatic carbocycles. The molecule has 1 amide bonds. The summed E-state index contributed by atoms with van der Waals surface area (Å²) in [5.41, 5.74) is 13.8. The van der Waals surface area contributed by atoms with E-state index in [1.165, 1.54) is 0 Å². The van der Waals surface area contributed by atoms with E-state index in [4.69, 9.17) is 5.53 Å². The van der Waals surface area contributed by atoms with Crippen LogP contribution in [0.4, 0.5) is 0 Å². The maximum absolute atomic E-state index is 12.7. The third-order valence-electron chi connectivity index (χ3n) is 5.76. The number of nitrogens with zero attached hydrogens (tertiary/aromatic N) is 3. The number of nitrogens with one attached hydrogen (secondary N) is 2. The zero-order chi connectivity index (χ0) is 25.3. The Bertz CT molecular complexity index is 838. The molecule has 0 spiro atoms. The zero-order valence-corrected chi connectivity index (χ0v) is 23.8. The Hall–Kier alpha value is -1.81. The molecule has 9 nitrogen and oxygen atoms in total. The highest BCUT2D eigenvalue weighted by Gasteiger charge is 2.26. The smallest absolute Gasteiger partial charge is 0.251 e. The van der Waals surface area contributed by atoms with Crippen LogP contribution in [0, 0.1) is 5.92 Å². The average molecular weight is 564 g/mol. The van der Waals surface area contributed by atoms with Crippen LogP contribution in [-0.2, 0) is 26.2 Å². The fourth-order valence-electron chi connectivity index (χ4n) is 3.64. The lowest BCUT2D eigenvalue weighted by molar-refractivity contribution is -0.368. The van der Waals surface area contributed by atoms with Crippen molar-refractivity contribution in [3.63, 3.8) is 0 Å². The van der Waals surface area contributed by atoms with Crippen LogP contribution in [0.3, 0.4) is 0 Å². The first-order chi connectivity index (χ1) is 16.3. The third-order valence-corrected chi connectivity index (χ3v) is 7.52. The van der Waals surface area contributed by atoms with Gasteiger partial charge in [-0.3, -0.25) is 14.4 Å². The molecule has 3 atom stereocenters. The summed E-state index contributed by atoms with van der Waals surface area (Å²) in [6.45, 7) is 2.97. The first-order valence-corrected chi connectivity index (χ1v) is 13.8. The molecule has 1 aromatic rings. The number of quaternary nitrogens is 1. The number of halogens is 2. The second-order valence-electron chi connectivity index (χ2n) is 8.49. The highest BCUT2D eigenvalue weighted by Crippen LogP contribution is 2.18. The molecular weight excluding hydrogens is 523 g/mol. The Kier molecular flexibility index (Phi) is 21.5. The minimum atomic E-state index is -0.234. The average Bonchev–Trinajstić information content (AvgIpc) is 2.82. The Morgan fingerprint density at radius 2 is 1.81 bits per heavy atom. The summed E-state index contributed by atoms with van der Waals surface area (Å²) in [4.78, 5) is 39.7. The summed E-state index contributed by atoms with van der Waals surface area (Å²) >= 11 is 0. The molecule has 1 aromatic carbocycles. The topological polar surface area (TPSA) is 152 Å². The van der Waals surface area contributed by atoms with Gasteiger partial charge in [-0.15, -0.1) is 0 Å². The lowest BCUT2D eigenvalue weighted by Crippen LogP contribution is -3.00. The van der Waals surface area contributed by atoms with E-state index in [9.17, 15) is 14.4 Å². The van der Waals surface area contributed by atoms with Crippen LogP contribution in [0.2, 0.25) is 0 Å². The Balaban J connectivity index is 0. The van der Waals surface area contributed by atoms with Gasteiger partial charge in [0.25, 0.3) is 5.91 Å². The molecule has 5 N–H and O–H groups in total. The second-order valence-corrected chi connectivity index (χ2v) is 10.8. The Morgan fingerprint density at radius 1 is 1.14 bits per heavy atom. The monoisotopic (exact) mass is 562 g/mol. The molecule has 204 valence electrons. The molecule has 0 radical (unpaired) electrons. The maximum atomic E-state index is 12.7. The van der Waals surface area contributed by atoms with E-state index in [0.29, 0.717) is 24.9 Å². The molecule has 0 fully saturated rings. The minimum absolute atomic E-state index is 0. The van der Waals surface area contributed by atoms with E-state index in [2.05, 4.69) is 32.6 Å². The van der Waals surface area contributed by atoms with Crippen LogP contribution in [0.25, 0.3) is 10.4 Å². The summed E-state index contributed by atoms with van der Waals surface area (Å²) in [5.74, 6) is 1.51. The molecule has 0 aliphatic heterocycles. The lowest BCUT2D eigenvalue weighted by Gasteiger charge is -2.18. The highest BCUT2D eigenvalue weighted by molar-refractivity contribution is 7.95. The van der Waals surface area contributed by atoms with Gasteiger partial charge in [-0.05, 0) is 61.8 Å². The van der Waals surface area contributed by atoms with Gasteiger partial charge in [-0.25, -0.2) is 0 Å². The minimum Gasteiger partial charge on any atom is -1.00 e. The van der Waals surface area contributed by atoms with E-state index in [-0.39, 0.29) is 71.7 Å². The zero-order valence-electron chi connectivity index (χ0n) is 21.5. The molecule has 0 heterocycles. The van der Waals surface area contributed by atoms with Gasteiger partial charge in [0.1, 0.15) is 23.1 Å². The number of hydrogen-bond donors (Lipinski definition) is 3. The van der Waals surface area contributed by atoms with Gasteiger partial charge in [0.15, 0.2) is 0 Å². The number of ketones is 2. The maximum Gasteiger partial charge on any atom is 0.251 e. The lowest BCUT2D eigenvalue weighted by atomic mass is 9.91. The molecule has 36 heavy (non-hydrogen) atoms. The van der Waals surface area contributed by atoms with Crippen molar-refractivity contribution >= 4 is 28.4 Å². The van der Waals surface area contributed by atoms with Crippen molar-refractivity contribution in [3.8, 4) is 0 Å². The number of azide groups is 1. The van der Waals surface area contributed by atoms with Crippen LogP contribution >= 0.6 is 0 Å². The molecule has 0 aliphatic rings. The number of amides is 1. The SMILES string of the molecule is CN[C@@H](CCCC[NH3+])C(=O)C[C@@H](CC[S+](C)Cc1ccc(C(=O)NCCN=[N+]=[N-])cc1)C(C)=O.[Cl-].[Cl-]. The van der Waals surface area contributed by atoms with E-state index in [0.717, 1.165) is 42.9 Å². The van der Waals surface area contributed by atoms with Gasteiger partial charge in [0, 0.05) is 47.9 Å². The van der Waals surface area contributed by atoms with Crippen LogP contribution < -0.4 is 41.2 Å². The standard InChI is InChI=1S/C24H38N6O3S.2ClH/c1-18(31)21(16-23(32)22(27-2)6-4-5-12-25)11-15-34(3)17-19-7-9-20(10-8-19)24(33)28-13-14-29-30-26;;/h7-10,21-22,27H,4-6,11-17,25H2,1-3H3;2*1H/t21-,22+,34?;;/m1../s1. The van der Waals surface area contributed by atoms with Crippen molar-refractivity contribution < 1.29 is 44.9 Å². The normalized spacial score (nSPS) is 12.7. The summed E-state index contributed by atoms with van der Waals surface area (Å²) in [7, 11) is 1.85. The fraction of sp³-hybridized carbons (Fsp3) is 0.625. The number of likely N-dealkylation sites (N-methyl/N-ethyl adjacent to an activating group) is 1. The van der Waals surface area contributed by atoms with Gasteiger partial charge in [-0.1, -0.05) is 17.2 Å². The van der Waals surface area contributed by atoms with Gasteiger partial charge < -0.3 is 41.2 Å². The first kappa shape index (κ1) is 36.3. The van der Waals surface area contributed by atoms with Crippen molar-refractivity contribution in [1.29, 1.82) is 0 Å². The summed E-state index contributed by atoms with van der Waals surface area (Å²) < 4.78 is 0. The van der Waals surface area contributed by atoms with Gasteiger partial charge >= 0.3 is 0 Å².